The summed E-state index contributed by atoms with van der Waals surface area (Å²) < 4.78 is 38.3. The molecule has 1 N–H and O–H groups in total. The number of benzene rings is 2. The highest BCUT2D eigenvalue weighted by molar-refractivity contribution is 7.89. The van der Waals surface area contributed by atoms with Gasteiger partial charge in [0.05, 0.1) is 4.90 Å². The maximum Gasteiger partial charge on any atom is 0.336 e. The molecule has 0 saturated carbocycles. The molecule has 0 saturated heterocycles. The van der Waals surface area contributed by atoms with Gasteiger partial charge in [-0.2, -0.15) is 4.72 Å². The third-order valence-electron chi connectivity index (χ3n) is 4.63. The first-order valence-electron chi connectivity index (χ1n) is 9.55. The summed E-state index contributed by atoms with van der Waals surface area (Å²) in [7, 11) is -3.89. The predicted molar refractivity (Wildman–Crippen MR) is 113 cm³/mol. The van der Waals surface area contributed by atoms with E-state index in [0.717, 1.165) is 16.5 Å². The van der Waals surface area contributed by atoms with Gasteiger partial charge in [-0.25, -0.2) is 18.0 Å². The molecule has 0 aliphatic rings. The molecule has 0 aliphatic carbocycles. The number of hydrogen-bond donors (Lipinski definition) is 1. The Labute approximate surface area is 174 Å². The molecule has 8 heteroatoms. The van der Waals surface area contributed by atoms with Crippen LogP contribution in [0.5, 0.6) is 5.75 Å². The van der Waals surface area contributed by atoms with Crippen LogP contribution in [-0.4, -0.2) is 20.4 Å². The van der Waals surface area contributed by atoms with E-state index in [0.29, 0.717) is 6.42 Å². The van der Waals surface area contributed by atoms with E-state index in [4.69, 9.17) is 9.15 Å². The number of ether oxygens (including phenoxy) is 1. The molecule has 7 nitrogen and oxygen atoms in total. The van der Waals surface area contributed by atoms with Crippen molar-refractivity contribution < 1.29 is 22.4 Å². The molecule has 2 aromatic carbocycles. The molecule has 3 aromatic rings. The minimum Gasteiger partial charge on any atom is -0.425 e. The van der Waals surface area contributed by atoms with Crippen LogP contribution in [0.1, 0.15) is 30.9 Å². The van der Waals surface area contributed by atoms with Crippen molar-refractivity contribution in [3.8, 4) is 5.75 Å². The van der Waals surface area contributed by atoms with Gasteiger partial charge in [0, 0.05) is 17.5 Å². The summed E-state index contributed by atoms with van der Waals surface area (Å²) >= 11 is 0. The van der Waals surface area contributed by atoms with Gasteiger partial charge in [0.1, 0.15) is 17.4 Å². The van der Waals surface area contributed by atoms with E-state index >= 15 is 0 Å². The Bertz CT molecular complexity index is 1230. The summed E-state index contributed by atoms with van der Waals surface area (Å²) in [4.78, 5) is 24.4. The molecular weight excluding hydrogens is 406 g/mol. The van der Waals surface area contributed by atoms with Gasteiger partial charge in [-0.15, -0.1) is 0 Å². The molecule has 0 fully saturated rings. The number of esters is 1. The van der Waals surface area contributed by atoms with E-state index in [-0.39, 0.29) is 22.6 Å². The second-order valence-electron chi connectivity index (χ2n) is 7.10. The summed E-state index contributed by atoms with van der Waals surface area (Å²) in [5, 5.41) is 0.722. The molecule has 0 spiro atoms. The fourth-order valence-electron chi connectivity index (χ4n) is 3.04. The lowest BCUT2D eigenvalue weighted by atomic mass is 10.1. The van der Waals surface area contributed by atoms with Gasteiger partial charge in [-0.05, 0) is 50.1 Å². The van der Waals surface area contributed by atoms with Gasteiger partial charge in [-0.3, -0.25) is 0 Å². The Hall–Kier alpha value is -2.97. The first kappa shape index (κ1) is 21.7. The highest BCUT2D eigenvalue weighted by atomic mass is 32.2. The number of hydrogen-bond acceptors (Lipinski definition) is 6. The Morgan fingerprint density at radius 1 is 1.10 bits per heavy atom. The van der Waals surface area contributed by atoms with Crippen molar-refractivity contribution in [2.24, 2.45) is 0 Å². The van der Waals surface area contributed by atoms with E-state index in [1.807, 2.05) is 13.8 Å². The number of fused-ring (bicyclic) bond motifs is 1. The number of rotatable bonds is 7. The van der Waals surface area contributed by atoms with Crippen molar-refractivity contribution in [1.82, 2.24) is 4.72 Å². The number of sulfonamides is 1. The van der Waals surface area contributed by atoms with Crippen molar-refractivity contribution in [3.63, 3.8) is 0 Å². The Balaban J connectivity index is 1.82. The zero-order chi connectivity index (χ0) is 21.9. The molecule has 30 heavy (non-hydrogen) atoms. The number of aryl methyl sites for hydroxylation is 2. The minimum absolute atomic E-state index is 0.0740. The quantitative estimate of drug-likeness (QED) is 0.351. The van der Waals surface area contributed by atoms with Crippen LogP contribution in [0.15, 0.2) is 62.6 Å². The first-order chi connectivity index (χ1) is 14.2. The van der Waals surface area contributed by atoms with E-state index in [9.17, 15) is 18.0 Å². The summed E-state index contributed by atoms with van der Waals surface area (Å²) in [5.74, 6) is -0.571. The van der Waals surface area contributed by atoms with Crippen LogP contribution >= 0.6 is 0 Å². The lowest BCUT2D eigenvalue weighted by molar-refractivity contribution is -0.136. The number of carbonyl (C=O) groups excluding carboxylic acids is 1. The van der Waals surface area contributed by atoms with Gasteiger partial charge in [-0.1, -0.05) is 31.0 Å². The fourth-order valence-corrected chi connectivity index (χ4v) is 4.26. The largest absolute Gasteiger partial charge is 0.425 e. The zero-order valence-electron chi connectivity index (χ0n) is 17.0. The van der Waals surface area contributed by atoms with E-state index < -0.39 is 27.7 Å². The normalized spacial score (nSPS) is 12.6. The maximum atomic E-state index is 12.7. The molecule has 0 radical (unpaired) electrons. The van der Waals surface area contributed by atoms with Crippen LogP contribution in [0.2, 0.25) is 0 Å². The van der Waals surface area contributed by atoms with Crippen LogP contribution in [-0.2, 0) is 14.8 Å². The number of nitrogens with one attached hydrogen (secondary N) is 1. The lowest BCUT2D eigenvalue weighted by Crippen LogP contribution is -2.42. The van der Waals surface area contributed by atoms with Crippen LogP contribution in [0.3, 0.4) is 0 Å². The third kappa shape index (κ3) is 4.95. The highest BCUT2D eigenvalue weighted by Crippen LogP contribution is 2.23. The fraction of sp³-hybridized carbons (Fsp3) is 0.273. The van der Waals surface area contributed by atoms with Gasteiger partial charge >= 0.3 is 11.6 Å². The van der Waals surface area contributed by atoms with Gasteiger partial charge in [0.15, 0.2) is 0 Å². The Morgan fingerprint density at radius 3 is 2.47 bits per heavy atom. The van der Waals surface area contributed by atoms with E-state index in [1.54, 1.807) is 31.2 Å². The first-order valence-corrected chi connectivity index (χ1v) is 11.0. The van der Waals surface area contributed by atoms with Crippen LogP contribution in [0, 0.1) is 13.8 Å². The predicted octanol–water partition coefficient (Wildman–Crippen LogP) is 3.46. The molecule has 1 aromatic heterocycles. The number of carbonyl (C=O) groups is 1. The van der Waals surface area contributed by atoms with Crippen LogP contribution in [0.4, 0.5) is 0 Å². The van der Waals surface area contributed by atoms with Crippen LogP contribution < -0.4 is 15.1 Å². The van der Waals surface area contributed by atoms with E-state index in [2.05, 4.69) is 4.72 Å². The van der Waals surface area contributed by atoms with E-state index in [1.165, 1.54) is 24.3 Å². The summed E-state index contributed by atoms with van der Waals surface area (Å²) in [5.41, 5.74) is 1.46. The van der Waals surface area contributed by atoms with Crippen molar-refractivity contribution in [1.29, 1.82) is 0 Å². The molecule has 0 amide bonds. The van der Waals surface area contributed by atoms with Gasteiger partial charge < -0.3 is 9.15 Å². The van der Waals surface area contributed by atoms with Crippen molar-refractivity contribution in [2.45, 2.75) is 44.6 Å². The highest BCUT2D eigenvalue weighted by Gasteiger charge is 2.27. The molecule has 0 bridgehead atoms. The Kier molecular flexibility index (Phi) is 6.38. The molecule has 1 atom stereocenters. The average Bonchev–Trinajstić information content (AvgIpc) is 2.67. The molecule has 158 valence electrons. The van der Waals surface area contributed by atoms with Crippen molar-refractivity contribution in [3.05, 3.63) is 70.1 Å². The third-order valence-corrected chi connectivity index (χ3v) is 6.12. The van der Waals surface area contributed by atoms with Gasteiger partial charge in [0.2, 0.25) is 10.0 Å². The maximum absolute atomic E-state index is 12.7. The van der Waals surface area contributed by atoms with Crippen molar-refractivity contribution >= 4 is 27.0 Å². The second-order valence-corrected chi connectivity index (χ2v) is 8.82. The topological polar surface area (TPSA) is 103 Å². The lowest BCUT2D eigenvalue weighted by Gasteiger charge is -2.17. The smallest absolute Gasteiger partial charge is 0.336 e. The van der Waals surface area contributed by atoms with Crippen molar-refractivity contribution in [2.75, 3.05) is 0 Å². The standard InChI is InChI=1S/C22H23NO6S/c1-4-5-19(23-30(26,27)17-9-6-14(2)7-10-17)22(25)28-16-8-11-18-15(3)12-21(24)29-20(18)13-16/h6-13,19,23H,4-5H2,1-3H3/t19-/m0/s1. The molecule has 3 rings (SSSR count). The van der Waals surface area contributed by atoms with Crippen LogP contribution in [0.25, 0.3) is 11.0 Å². The summed E-state index contributed by atoms with van der Waals surface area (Å²) in [6.07, 6.45) is 0.841. The average molecular weight is 429 g/mol. The monoisotopic (exact) mass is 429 g/mol. The molecule has 0 unspecified atom stereocenters. The molecule has 1 heterocycles. The zero-order valence-corrected chi connectivity index (χ0v) is 17.8. The molecular formula is C22H23NO6S. The summed E-state index contributed by atoms with van der Waals surface area (Å²) in [6.45, 7) is 5.48. The molecule has 0 aliphatic heterocycles. The summed E-state index contributed by atoms with van der Waals surface area (Å²) in [6, 6.07) is 11.4. The second kappa shape index (κ2) is 8.81. The Morgan fingerprint density at radius 2 is 1.80 bits per heavy atom. The van der Waals surface area contributed by atoms with Gasteiger partial charge in [0.25, 0.3) is 0 Å². The minimum atomic E-state index is -3.89. The SMILES string of the molecule is CCC[C@H](NS(=O)(=O)c1ccc(C)cc1)C(=O)Oc1ccc2c(C)cc(=O)oc2c1.